The zero-order valence-electron chi connectivity index (χ0n) is 18.0. The number of amides is 1. The molecule has 0 bridgehead atoms. The van der Waals surface area contributed by atoms with Gasteiger partial charge in [-0.3, -0.25) is 9.69 Å². The zero-order valence-corrected chi connectivity index (χ0v) is 18.0. The molecule has 0 aliphatic rings. The summed E-state index contributed by atoms with van der Waals surface area (Å²) in [5.74, 6) is 1.39. The second kappa shape index (κ2) is 10.1. The van der Waals surface area contributed by atoms with E-state index in [9.17, 15) is 4.79 Å². The fourth-order valence-electron chi connectivity index (χ4n) is 3.11. The molecule has 0 spiro atoms. The molecule has 160 valence electrons. The van der Waals surface area contributed by atoms with Crippen LogP contribution in [-0.4, -0.2) is 60.1 Å². The van der Waals surface area contributed by atoms with E-state index < -0.39 is 0 Å². The maximum absolute atomic E-state index is 12.8. The summed E-state index contributed by atoms with van der Waals surface area (Å²) in [5.41, 5.74) is 2.23. The van der Waals surface area contributed by atoms with E-state index in [1.165, 1.54) is 0 Å². The first-order valence-corrected chi connectivity index (χ1v) is 10.0. The van der Waals surface area contributed by atoms with Crippen molar-refractivity contribution in [2.45, 2.75) is 26.4 Å². The molecule has 0 N–H and O–H groups in total. The van der Waals surface area contributed by atoms with Crippen LogP contribution in [0.1, 0.15) is 24.8 Å². The van der Waals surface area contributed by atoms with Crippen molar-refractivity contribution >= 4 is 11.6 Å². The number of carbonyl (C=O) groups excluding carboxylic acids is 1. The summed E-state index contributed by atoms with van der Waals surface area (Å²) in [4.78, 5) is 18.6. The van der Waals surface area contributed by atoms with Gasteiger partial charge in [-0.25, -0.2) is 0 Å². The fourth-order valence-corrected chi connectivity index (χ4v) is 3.11. The van der Waals surface area contributed by atoms with E-state index in [0.29, 0.717) is 37.2 Å². The predicted octanol–water partition coefficient (Wildman–Crippen LogP) is 3.27. The number of rotatable bonds is 10. The number of anilines is 1. The highest BCUT2D eigenvalue weighted by Gasteiger charge is 2.18. The van der Waals surface area contributed by atoms with Crippen molar-refractivity contribution in [1.29, 1.82) is 0 Å². The maximum Gasteiger partial charge on any atom is 0.283 e. The number of hydrogen-bond donors (Lipinski definition) is 0. The lowest BCUT2D eigenvalue weighted by Crippen LogP contribution is -2.38. The fraction of sp³-hybridized carbons (Fsp3) is 0.409. The van der Waals surface area contributed by atoms with E-state index in [-0.39, 0.29) is 5.91 Å². The summed E-state index contributed by atoms with van der Waals surface area (Å²) in [5, 5.41) is 8.11. The summed E-state index contributed by atoms with van der Waals surface area (Å²) in [7, 11) is 5.84. The quantitative estimate of drug-likeness (QED) is 0.507. The van der Waals surface area contributed by atoms with Gasteiger partial charge in [0, 0.05) is 33.4 Å². The topological polar surface area (TPSA) is 78.9 Å². The Balaban J connectivity index is 1.57. The minimum Gasteiger partial charge on any atom is -0.459 e. The Bertz CT molecular complexity index is 919. The molecular weight excluding hydrogens is 382 g/mol. The van der Waals surface area contributed by atoms with E-state index in [1.807, 2.05) is 26.0 Å². The van der Waals surface area contributed by atoms with Crippen LogP contribution in [0, 0.1) is 0 Å². The molecule has 2 aromatic heterocycles. The lowest BCUT2D eigenvalue weighted by atomic mass is 10.2. The Morgan fingerprint density at radius 3 is 2.43 bits per heavy atom. The number of hydrogen-bond acceptors (Lipinski definition) is 7. The van der Waals surface area contributed by atoms with Gasteiger partial charge < -0.3 is 18.6 Å². The first-order chi connectivity index (χ1) is 14.5. The van der Waals surface area contributed by atoms with Crippen LogP contribution in [0.15, 0.2) is 51.5 Å². The summed E-state index contributed by atoms with van der Waals surface area (Å²) in [6, 6.07) is 11.8. The minimum absolute atomic E-state index is 0.0471. The van der Waals surface area contributed by atoms with E-state index in [0.717, 1.165) is 24.2 Å². The van der Waals surface area contributed by atoms with Gasteiger partial charge in [0.05, 0.1) is 19.4 Å². The smallest absolute Gasteiger partial charge is 0.283 e. The van der Waals surface area contributed by atoms with E-state index >= 15 is 0 Å². The number of nitrogens with zero attached hydrogens (tertiary/aromatic N) is 5. The number of carbonyl (C=O) groups is 1. The van der Waals surface area contributed by atoms with Gasteiger partial charge in [0.15, 0.2) is 5.76 Å². The SMILES string of the molecule is CCCN(CC(=O)N(C)Cc1ccc(N(C)C)cc1)Cc1nnc(-c2ccco2)o1. The highest BCUT2D eigenvalue weighted by molar-refractivity contribution is 5.78. The first-order valence-electron chi connectivity index (χ1n) is 10.0. The Hall–Kier alpha value is -3.13. The molecule has 0 fully saturated rings. The Labute approximate surface area is 177 Å². The molecule has 8 nitrogen and oxygen atoms in total. The van der Waals surface area contributed by atoms with Crippen molar-refractivity contribution in [1.82, 2.24) is 20.0 Å². The van der Waals surface area contributed by atoms with Gasteiger partial charge in [0.2, 0.25) is 11.8 Å². The van der Waals surface area contributed by atoms with Gasteiger partial charge in [-0.1, -0.05) is 19.1 Å². The summed E-state index contributed by atoms with van der Waals surface area (Å²) >= 11 is 0. The zero-order chi connectivity index (χ0) is 21.5. The molecule has 30 heavy (non-hydrogen) atoms. The van der Waals surface area contributed by atoms with Crippen LogP contribution in [0.3, 0.4) is 0 Å². The van der Waals surface area contributed by atoms with Gasteiger partial charge in [-0.05, 0) is 42.8 Å². The van der Waals surface area contributed by atoms with Gasteiger partial charge in [-0.15, -0.1) is 10.2 Å². The van der Waals surface area contributed by atoms with Crippen LogP contribution in [0.4, 0.5) is 5.69 Å². The normalized spacial score (nSPS) is 11.1. The molecule has 0 saturated carbocycles. The van der Waals surface area contributed by atoms with Crippen molar-refractivity contribution < 1.29 is 13.6 Å². The third-order valence-corrected chi connectivity index (χ3v) is 4.75. The first kappa shape index (κ1) is 21.6. The molecule has 0 saturated heterocycles. The third-order valence-electron chi connectivity index (χ3n) is 4.75. The average molecular weight is 412 g/mol. The summed E-state index contributed by atoms with van der Waals surface area (Å²) in [6.07, 6.45) is 2.48. The van der Waals surface area contributed by atoms with Crippen LogP contribution in [-0.2, 0) is 17.9 Å². The van der Waals surface area contributed by atoms with Crippen LogP contribution in [0.2, 0.25) is 0 Å². The van der Waals surface area contributed by atoms with Crippen molar-refractivity contribution in [3.05, 3.63) is 54.1 Å². The second-order valence-electron chi connectivity index (χ2n) is 7.50. The molecule has 0 radical (unpaired) electrons. The molecule has 0 atom stereocenters. The molecule has 2 heterocycles. The number of furan rings is 1. The minimum atomic E-state index is 0.0471. The highest BCUT2D eigenvalue weighted by Crippen LogP contribution is 2.19. The highest BCUT2D eigenvalue weighted by atomic mass is 16.4. The van der Waals surface area contributed by atoms with Crippen LogP contribution in [0.25, 0.3) is 11.7 Å². The van der Waals surface area contributed by atoms with Gasteiger partial charge >= 0.3 is 0 Å². The summed E-state index contributed by atoms with van der Waals surface area (Å²) < 4.78 is 11.0. The molecule has 0 unspecified atom stereocenters. The van der Waals surface area contributed by atoms with Gasteiger partial charge in [0.1, 0.15) is 0 Å². The molecule has 1 amide bonds. The monoisotopic (exact) mass is 411 g/mol. The average Bonchev–Trinajstić information content (AvgIpc) is 3.40. The third kappa shape index (κ3) is 5.70. The largest absolute Gasteiger partial charge is 0.459 e. The van der Waals surface area contributed by atoms with Gasteiger partial charge in [-0.2, -0.15) is 0 Å². The van der Waals surface area contributed by atoms with Crippen LogP contribution >= 0.6 is 0 Å². The van der Waals surface area contributed by atoms with E-state index in [4.69, 9.17) is 8.83 Å². The number of likely N-dealkylation sites (N-methyl/N-ethyl adjacent to an activating group) is 1. The second-order valence-corrected chi connectivity index (χ2v) is 7.50. The number of benzene rings is 1. The van der Waals surface area contributed by atoms with Crippen molar-refractivity contribution in [2.75, 3.05) is 39.1 Å². The van der Waals surface area contributed by atoms with Crippen molar-refractivity contribution in [2.24, 2.45) is 0 Å². The number of aromatic nitrogens is 2. The van der Waals surface area contributed by atoms with E-state index in [1.54, 1.807) is 23.3 Å². The molecular formula is C22H29N5O3. The molecule has 3 aromatic rings. The Morgan fingerprint density at radius 2 is 1.80 bits per heavy atom. The molecule has 0 aliphatic heterocycles. The molecule has 0 aliphatic carbocycles. The van der Waals surface area contributed by atoms with E-state index in [2.05, 4.69) is 46.3 Å². The predicted molar refractivity (Wildman–Crippen MR) is 115 cm³/mol. The lowest BCUT2D eigenvalue weighted by molar-refractivity contribution is -0.131. The Kier molecular flexibility index (Phi) is 7.24. The molecule has 1 aromatic carbocycles. The van der Waals surface area contributed by atoms with Gasteiger partial charge in [0.25, 0.3) is 5.89 Å². The van der Waals surface area contributed by atoms with Crippen LogP contribution < -0.4 is 4.90 Å². The molecule has 3 rings (SSSR count). The lowest BCUT2D eigenvalue weighted by Gasteiger charge is -2.24. The standard InChI is InChI=1S/C22H29N5O3/c1-5-12-27(15-20-23-24-22(30-20)19-7-6-13-29-19)16-21(28)26(4)14-17-8-10-18(11-9-17)25(2)3/h6-11,13H,5,12,14-16H2,1-4H3. The maximum atomic E-state index is 12.8. The van der Waals surface area contributed by atoms with Crippen molar-refractivity contribution in [3.8, 4) is 11.7 Å². The molecule has 8 heteroatoms. The Morgan fingerprint density at radius 1 is 1.03 bits per heavy atom. The van der Waals surface area contributed by atoms with Crippen molar-refractivity contribution in [3.63, 3.8) is 0 Å². The van der Waals surface area contributed by atoms with Crippen LogP contribution in [0.5, 0.6) is 0 Å². The summed E-state index contributed by atoms with van der Waals surface area (Å²) in [6.45, 7) is 4.11.